The van der Waals surface area contributed by atoms with Crippen molar-refractivity contribution in [3.8, 4) is 0 Å². The molecule has 2 aromatic rings. The standard InChI is InChI=1S/C14H21N5O/c1-18(10-14-15-5-6-19(14)2)9-13-7-12(17-20-13)8-16-11-3-4-11/h5-7,11,16H,3-4,8-10H2,1-2H3. The molecule has 1 saturated carbocycles. The molecule has 0 unspecified atom stereocenters. The van der Waals surface area contributed by atoms with Crippen LogP contribution in [0.2, 0.25) is 0 Å². The van der Waals surface area contributed by atoms with Gasteiger partial charge < -0.3 is 14.4 Å². The molecule has 2 aromatic heterocycles. The fourth-order valence-electron chi connectivity index (χ4n) is 2.16. The Balaban J connectivity index is 1.50. The zero-order valence-electron chi connectivity index (χ0n) is 12.0. The first-order valence-electron chi connectivity index (χ1n) is 7.03. The van der Waals surface area contributed by atoms with Crippen LogP contribution in [0.3, 0.4) is 0 Å². The average Bonchev–Trinajstić information content (AvgIpc) is 3.02. The maximum Gasteiger partial charge on any atom is 0.151 e. The lowest BCUT2D eigenvalue weighted by molar-refractivity contribution is 0.259. The molecule has 1 N–H and O–H groups in total. The van der Waals surface area contributed by atoms with Gasteiger partial charge >= 0.3 is 0 Å². The van der Waals surface area contributed by atoms with Crippen LogP contribution in [0, 0.1) is 0 Å². The number of hydrogen-bond acceptors (Lipinski definition) is 5. The largest absolute Gasteiger partial charge is 0.360 e. The van der Waals surface area contributed by atoms with Crippen molar-refractivity contribution >= 4 is 0 Å². The Bertz CT molecular complexity index is 557. The highest BCUT2D eigenvalue weighted by Gasteiger charge is 2.20. The van der Waals surface area contributed by atoms with Crippen molar-refractivity contribution in [2.45, 2.75) is 38.5 Å². The summed E-state index contributed by atoms with van der Waals surface area (Å²) in [7, 11) is 4.06. The van der Waals surface area contributed by atoms with Crippen molar-refractivity contribution in [2.24, 2.45) is 7.05 Å². The summed E-state index contributed by atoms with van der Waals surface area (Å²) in [5.74, 6) is 1.94. The molecule has 1 aliphatic rings. The van der Waals surface area contributed by atoms with E-state index in [4.69, 9.17) is 4.52 Å². The molecule has 3 rings (SSSR count). The third-order valence-corrected chi connectivity index (χ3v) is 3.52. The Kier molecular flexibility index (Phi) is 3.84. The lowest BCUT2D eigenvalue weighted by Gasteiger charge is -2.13. The Morgan fingerprint density at radius 3 is 3.00 bits per heavy atom. The minimum atomic E-state index is 0.696. The number of hydrogen-bond donors (Lipinski definition) is 1. The first-order valence-corrected chi connectivity index (χ1v) is 7.03. The lowest BCUT2D eigenvalue weighted by atomic mass is 10.3. The molecule has 2 heterocycles. The normalized spacial score (nSPS) is 15.2. The van der Waals surface area contributed by atoms with Crippen LogP contribution >= 0.6 is 0 Å². The quantitative estimate of drug-likeness (QED) is 0.825. The summed E-state index contributed by atoms with van der Waals surface area (Å²) >= 11 is 0. The summed E-state index contributed by atoms with van der Waals surface area (Å²) in [6.45, 7) is 2.33. The van der Waals surface area contributed by atoms with Gasteiger partial charge in [-0.1, -0.05) is 5.16 Å². The van der Waals surface area contributed by atoms with Crippen LogP contribution in [0.4, 0.5) is 0 Å². The van der Waals surface area contributed by atoms with Gasteiger partial charge in [0.25, 0.3) is 0 Å². The van der Waals surface area contributed by atoms with Crippen LogP contribution in [0.1, 0.15) is 30.1 Å². The minimum Gasteiger partial charge on any atom is -0.360 e. The average molecular weight is 275 g/mol. The summed E-state index contributed by atoms with van der Waals surface area (Å²) in [5.41, 5.74) is 0.984. The molecule has 0 bridgehead atoms. The van der Waals surface area contributed by atoms with Crippen molar-refractivity contribution in [1.29, 1.82) is 0 Å². The van der Waals surface area contributed by atoms with E-state index < -0.39 is 0 Å². The molecule has 0 atom stereocenters. The lowest BCUT2D eigenvalue weighted by Crippen LogP contribution is -2.19. The molecule has 6 heteroatoms. The van der Waals surface area contributed by atoms with Gasteiger partial charge in [-0.05, 0) is 19.9 Å². The molecule has 0 saturated heterocycles. The Morgan fingerprint density at radius 1 is 1.45 bits per heavy atom. The first kappa shape index (κ1) is 13.3. The van der Waals surface area contributed by atoms with Crippen LogP contribution in [0.15, 0.2) is 23.0 Å². The summed E-state index contributed by atoms with van der Waals surface area (Å²) < 4.78 is 7.41. The van der Waals surface area contributed by atoms with Gasteiger partial charge in [0.2, 0.25) is 0 Å². The predicted octanol–water partition coefficient (Wildman–Crippen LogP) is 1.29. The van der Waals surface area contributed by atoms with Crippen LogP contribution in [-0.4, -0.2) is 32.7 Å². The number of imidazole rings is 1. The van der Waals surface area contributed by atoms with E-state index in [2.05, 4.69) is 27.4 Å². The van der Waals surface area contributed by atoms with E-state index in [1.807, 2.05) is 30.1 Å². The second kappa shape index (κ2) is 5.76. The maximum atomic E-state index is 5.38. The zero-order valence-corrected chi connectivity index (χ0v) is 12.0. The second-order valence-corrected chi connectivity index (χ2v) is 5.57. The molecule has 0 amide bonds. The van der Waals surface area contributed by atoms with E-state index in [1.54, 1.807) is 0 Å². The molecule has 108 valence electrons. The molecular weight excluding hydrogens is 254 g/mol. The smallest absolute Gasteiger partial charge is 0.151 e. The van der Waals surface area contributed by atoms with Crippen LogP contribution in [0.25, 0.3) is 0 Å². The van der Waals surface area contributed by atoms with Crippen molar-refractivity contribution in [1.82, 2.24) is 24.9 Å². The van der Waals surface area contributed by atoms with E-state index >= 15 is 0 Å². The maximum absolute atomic E-state index is 5.38. The van der Waals surface area contributed by atoms with Crippen LogP contribution in [0.5, 0.6) is 0 Å². The highest BCUT2D eigenvalue weighted by Crippen LogP contribution is 2.19. The number of nitrogens with one attached hydrogen (secondary N) is 1. The van der Waals surface area contributed by atoms with E-state index in [0.29, 0.717) is 6.04 Å². The number of aromatic nitrogens is 3. The number of aryl methyl sites for hydroxylation is 1. The fourth-order valence-corrected chi connectivity index (χ4v) is 2.16. The van der Waals surface area contributed by atoms with E-state index in [9.17, 15) is 0 Å². The molecule has 0 radical (unpaired) electrons. The number of nitrogens with zero attached hydrogens (tertiary/aromatic N) is 4. The third kappa shape index (κ3) is 3.46. The first-order chi connectivity index (χ1) is 9.70. The minimum absolute atomic E-state index is 0.696. The van der Waals surface area contributed by atoms with Gasteiger partial charge in [0.05, 0.1) is 18.8 Å². The van der Waals surface area contributed by atoms with E-state index in [0.717, 1.165) is 36.9 Å². The molecule has 1 aliphatic carbocycles. The highest BCUT2D eigenvalue weighted by atomic mass is 16.5. The van der Waals surface area contributed by atoms with Crippen molar-refractivity contribution in [2.75, 3.05) is 7.05 Å². The summed E-state index contributed by atoms with van der Waals surface area (Å²) in [6, 6.07) is 2.73. The van der Waals surface area contributed by atoms with Gasteiger partial charge in [-0.15, -0.1) is 0 Å². The summed E-state index contributed by atoms with van der Waals surface area (Å²) in [5, 5.41) is 7.53. The molecule has 20 heavy (non-hydrogen) atoms. The van der Waals surface area contributed by atoms with Gasteiger partial charge in [-0.2, -0.15) is 0 Å². The summed E-state index contributed by atoms with van der Waals surface area (Å²) in [4.78, 5) is 6.49. The predicted molar refractivity (Wildman–Crippen MR) is 74.7 cm³/mol. The zero-order chi connectivity index (χ0) is 13.9. The monoisotopic (exact) mass is 275 g/mol. The van der Waals surface area contributed by atoms with Crippen molar-refractivity contribution < 1.29 is 4.52 Å². The number of rotatable bonds is 7. The Hall–Kier alpha value is -1.66. The van der Waals surface area contributed by atoms with E-state index in [-0.39, 0.29) is 0 Å². The molecule has 0 aliphatic heterocycles. The van der Waals surface area contributed by atoms with Gasteiger partial charge in [0.15, 0.2) is 5.76 Å². The molecular formula is C14H21N5O. The van der Waals surface area contributed by atoms with Gasteiger partial charge in [-0.3, -0.25) is 4.90 Å². The van der Waals surface area contributed by atoms with E-state index in [1.165, 1.54) is 12.8 Å². The third-order valence-electron chi connectivity index (χ3n) is 3.52. The summed E-state index contributed by atoms with van der Waals surface area (Å²) in [6.07, 6.45) is 6.35. The fraction of sp³-hybridized carbons (Fsp3) is 0.571. The van der Waals surface area contributed by atoms with Crippen LogP contribution < -0.4 is 5.32 Å². The van der Waals surface area contributed by atoms with Crippen molar-refractivity contribution in [3.05, 3.63) is 35.7 Å². The Morgan fingerprint density at radius 2 is 2.30 bits per heavy atom. The van der Waals surface area contributed by atoms with Crippen LogP contribution in [-0.2, 0) is 26.7 Å². The van der Waals surface area contributed by atoms with Crippen molar-refractivity contribution in [3.63, 3.8) is 0 Å². The van der Waals surface area contributed by atoms with Gasteiger partial charge in [0, 0.05) is 38.1 Å². The molecule has 0 aromatic carbocycles. The SMILES string of the molecule is CN(Cc1cc(CNC2CC2)no1)Cc1nccn1C. The molecule has 6 nitrogen and oxygen atoms in total. The van der Waals surface area contributed by atoms with Gasteiger partial charge in [0.1, 0.15) is 5.82 Å². The molecule has 0 spiro atoms. The topological polar surface area (TPSA) is 59.1 Å². The highest BCUT2D eigenvalue weighted by molar-refractivity contribution is 5.06. The second-order valence-electron chi connectivity index (χ2n) is 5.57. The Labute approximate surface area is 118 Å². The molecule has 1 fully saturated rings. The van der Waals surface area contributed by atoms with Gasteiger partial charge in [-0.25, -0.2) is 4.98 Å².